The van der Waals surface area contributed by atoms with Crippen molar-refractivity contribution in [2.75, 3.05) is 0 Å². The molecule has 1 aliphatic carbocycles. The van der Waals surface area contributed by atoms with Crippen molar-refractivity contribution >= 4 is 21.9 Å². The topological polar surface area (TPSA) is 49.3 Å². The summed E-state index contributed by atoms with van der Waals surface area (Å²) in [7, 11) is 0. The van der Waals surface area contributed by atoms with Crippen molar-refractivity contribution in [2.45, 2.75) is 37.3 Å². The molecule has 1 saturated carbocycles. The molecule has 1 aliphatic rings. The van der Waals surface area contributed by atoms with E-state index >= 15 is 0 Å². The fourth-order valence-corrected chi connectivity index (χ4v) is 3.56. The third-order valence-electron chi connectivity index (χ3n) is 4.48. The minimum absolute atomic E-state index is 0.281. The van der Waals surface area contributed by atoms with Gasteiger partial charge in [-0.1, -0.05) is 58.4 Å². The summed E-state index contributed by atoms with van der Waals surface area (Å²) in [4.78, 5) is 11.5. The molecule has 0 unspecified atom stereocenters. The predicted octanol–water partition coefficient (Wildman–Crippen LogP) is 3.98. The maximum Gasteiger partial charge on any atom is 0.321 e. The fraction of sp³-hybridized carbons (Fsp3) is 0.316. The lowest BCUT2D eigenvalue weighted by Crippen LogP contribution is -2.49. The van der Waals surface area contributed by atoms with Gasteiger partial charge in [-0.15, -0.1) is 0 Å². The van der Waals surface area contributed by atoms with E-state index in [4.69, 9.17) is 0 Å². The first kappa shape index (κ1) is 16.2. The quantitative estimate of drug-likeness (QED) is 0.804. The Bertz CT molecular complexity index is 668. The van der Waals surface area contributed by atoms with E-state index in [0.29, 0.717) is 12.3 Å². The molecule has 3 nitrogen and oxygen atoms in total. The maximum atomic E-state index is 11.5. The van der Waals surface area contributed by atoms with Crippen molar-refractivity contribution in [2.24, 2.45) is 0 Å². The standard InChI is InChI=1S/C19H20BrNO2/c20-16-8-4-7-14(10-16)15-11-17(12-15)21-18(19(22)23)9-13-5-2-1-3-6-13/h1-8,10,15,17-18,21H,9,11-12H2,(H,22,23)/t15?,17?,18-/m0/s1. The molecule has 0 heterocycles. The third-order valence-corrected chi connectivity index (χ3v) is 4.97. The van der Waals surface area contributed by atoms with Gasteiger partial charge in [0.15, 0.2) is 0 Å². The smallest absolute Gasteiger partial charge is 0.321 e. The summed E-state index contributed by atoms with van der Waals surface area (Å²) in [5.41, 5.74) is 2.38. The van der Waals surface area contributed by atoms with Gasteiger partial charge in [0, 0.05) is 10.5 Å². The Morgan fingerprint density at radius 2 is 1.91 bits per heavy atom. The average molecular weight is 374 g/mol. The minimum Gasteiger partial charge on any atom is -0.480 e. The first-order valence-electron chi connectivity index (χ1n) is 7.90. The Balaban J connectivity index is 1.55. The molecule has 0 bridgehead atoms. The van der Waals surface area contributed by atoms with Gasteiger partial charge in [0.25, 0.3) is 0 Å². The maximum absolute atomic E-state index is 11.5. The number of carboxylic acid groups (broad SMARTS) is 1. The number of hydrogen-bond donors (Lipinski definition) is 2. The van der Waals surface area contributed by atoms with Crippen molar-refractivity contribution in [3.63, 3.8) is 0 Å². The van der Waals surface area contributed by atoms with Gasteiger partial charge in [-0.25, -0.2) is 0 Å². The highest BCUT2D eigenvalue weighted by atomic mass is 79.9. The lowest BCUT2D eigenvalue weighted by molar-refractivity contribution is -0.139. The van der Waals surface area contributed by atoms with E-state index in [1.807, 2.05) is 36.4 Å². The summed E-state index contributed by atoms with van der Waals surface area (Å²) in [6.07, 6.45) is 2.51. The van der Waals surface area contributed by atoms with Crippen LogP contribution in [-0.2, 0) is 11.2 Å². The molecule has 2 aromatic carbocycles. The van der Waals surface area contributed by atoms with E-state index in [1.165, 1.54) is 5.56 Å². The molecule has 1 fully saturated rings. The zero-order valence-electron chi connectivity index (χ0n) is 12.8. The van der Waals surface area contributed by atoms with Crippen LogP contribution in [0.25, 0.3) is 0 Å². The van der Waals surface area contributed by atoms with Crippen LogP contribution in [0.3, 0.4) is 0 Å². The van der Waals surface area contributed by atoms with Crippen molar-refractivity contribution in [3.05, 3.63) is 70.2 Å². The summed E-state index contributed by atoms with van der Waals surface area (Å²) < 4.78 is 1.10. The Kier molecular flexibility index (Phi) is 5.13. The highest BCUT2D eigenvalue weighted by Crippen LogP contribution is 2.37. The number of carbonyl (C=O) groups is 1. The zero-order valence-corrected chi connectivity index (χ0v) is 14.4. The number of aliphatic carboxylic acids is 1. The first-order chi connectivity index (χ1) is 11.1. The molecule has 2 aromatic rings. The molecule has 120 valence electrons. The van der Waals surface area contributed by atoms with Crippen molar-refractivity contribution in [1.29, 1.82) is 0 Å². The molecule has 4 heteroatoms. The summed E-state index contributed by atoms with van der Waals surface area (Å²) in [6.45, 7) is 0. The van der Waals surface area contributed by atoms with Crippen LogP contribution in [0.2, 0.25) is 0 Å². The van der Waals surface area contributed by atoms with Crippen LogP contribution in [0.4, 0.5) is 0 Å². The van der Waals surface area contributed by atoms with Gasteiger partial charge in [0.2, 0.25) is 0 Å². The second-order valence-electron chi connectivity index (χ2n) is 6.17. The van der Waals surface area contributed by atoms with Crippen LogP contribution < -0.4 is 5.32 Å². The molecule has 0 amide bonds. The number of hydrogen-bond acceptors (Lipinski definition) is 2. The van der Waals surface area contributed by atoms with Gasteiger partial charge in [0.05, 0.1) is 0 Å². The molecule has 0 saturated heterocycles. The van der Waals surface area contributed by atoms with Crippen LogP contribution in [-0.4, -0.2) is 23.2 Å². The second kappa shape index (κ2) is 7.28. The van der Waals surface area contributed by atoms with Gasteiger partial charge >= 0.3 is 5.97 Å². The fourth-order valence-electron chi connectivity index (χ4n) is 3.14. The van der Waals surface area contributed by atoms with Crippen LogP contribution in [0, 0.1) is 0 Å². The van der Waals surface area contributed by atoms with Crippen molar-refractivity contribution < 1.29 is 9.90 Å². The summed E-state index contributed by atoms with van der Waals surface area (Å²) in [5, 5.41) is 12.8. The van der Waals surface area contributed by atoms with Gasteiger partial charge in [-0.05, 0) is 48.4 Å². The van der Waals surface area contributed by atoms with E-state index in [9.17, 15) is 9.90 Å². The van der Waals surface area contributed by atoms with E-state index in [2.05, 4.69) is 39.4 Å². The Morgan fingerprint density at radius 1 is 1.17 bits per heavy atom. The SMILES string of the molecule is O=C(O)[C@H](Cc1ccccc1)NC1CC(c2cccc(Br)c2)C1. The third kappa shape index (κ3) is 4.21. The van der Waals surface area contributed by atoms with E-state index in [-0.39, 0.29) is 6.04 Å². The summed E-state index contributed by atoms with van der Waals surface area (Å²) in [5.74, 6) is -0.254. The van der Waals surface area contributed by atoms with Gasteiger partial charge in [0.1, 0.15) is 6.04 Å². The highest BCUT2D eigenvalue weighted by Gasteiger charge is 2.33. The second-order valence-corrected chi connectivity index (χ2v) is 7.08. The number of nitrogens with one attached hydrogen (secondary N) is 1. The molecule has 0 radical (unpaired) electrons. The predicted molar refractivity (Wildman–Crippen MR) is 94.6 cm³/mol. The molecular formula is C19H20BrNO2. The zero-order chi connectivity index (χ0) is 16.2. The van der Waals surface area contributed by atoms with E-state index < -0.39 is 12.0 Å². The molecule has 23 heavy (non-hydrogen) atoms. The molecular weight excluding hydrogens is 354 g/mol. The molecule has 0 aliphatic heterocycles. The minimum atomic E-state index is -0.778. The normalized spacial score (nSPS) is 21.4. The van der Waals surface area contributed by atoms with Crippen molar-refractivity contribution in [3.8, 4) is 0 Å². The number of benzene rings is 2. The Hall–Kier alpha value is -1.65. The molecule has 0 aromatic heterocycles. The average Bonchev–Trinajstić information content (AvgIpc) is 2.50. The Morgan fingerprint density at radius 3 is 2.57 bits per heavy atom. The highest BCUT2D eigenvalue weighted by molar-refractivity contribution is 9.10. The lowest BCUT2D eigenvalue weighted by atomic mass is 9.75. The molecule has 3 rings (SSSR count). The van der Waals surface area contributed by atoms with Crippen LogP contribution in [0.1, 0.15) is 29.9 Å². The molecule has 0 spiro atoms. The molecule has 2 N–H and O–H groups in total. The van der Waals surface area contributed by atoms with Gasteiger partial charge < -0.3 is 10.4 Å². The summed E-state index contributed by atoms with van der Waals surface area (Å²) >= 11 is 3.50. The largest absolute Gasteiger partial charge is 0.480 e. The van der Waals surface area contributed by atoms with E-state index in [0.717, 1.165) is 22.9 Å². The first-order valence-corrected chi connectivity index (χ1v) is 8.69. The lowest BCUT2D eigenvalue weighted by Gasteiger charge is -2.38. The van der Waals surface area contributed by atoms with Crippen LogP contribution in [0.15, 0.2) is 59.1 Å². The monoisotopic (exact) mass is 373 g/mol. The van der Waals surface area contributed by atoms with Crippen LogP contribution in [0.5, 0.6) is 0 Å². The van der Waals surface area contributed by atoms with Gasteiger partial charge in [-0.2, -0.15) is 0 Å². The number of halogens is 1. The number of rotatable bonds is 6. The van der Waals surface area contributed by atoms with Gasteiger partial charge in [-0.3, -0.25) is 4.79 Å². The summed E-state index contributed by atoms with van der Waals surface area (Å²) in [6, 6.07) is 17.9. The molecule has 1 atom stereocenters. The number of carboxylic acids is 1. The van der Waals surface area contributed by atoms with Crippen LogP contribution >= 0.6 is 15.9 Å². The van der Waals surface area contributed by atoms with Crippen molar-refractivity contribution in [1.82, 2.24) is 5.32 Å². The van der Waals surface area contributed by atoms with E-state index in [1.54, 1.807) is 0 Å². The Labute approximate surface area is 144 Å².